The predicted octanol–water partition coefficient (Wildman–Crippen LogP) is 29.7. The first kappa shape index (κ1) is 94.1. The molecule has 0 aliphatic rings. The number of carbonyl (C=O) groups is 2. The van der Waals surface area contributed by atoms with Crippen molar-refractivity contribution in [3.8, 4) is 0 Å². The third-order valence-corrected chi connectivity index (χ3v) is 20.9. The lowest BCUT2D eigenvalue weighted by Gasteiger charge is -2.20. The Balaban J connectivity index is 3.34. The summed E-state index contributed by atoms with van der Waals surface area (Å²) in [6.45, 7) is 4.96. The molecule has 1 amide bonds. The van der Waals surface area contributed by atoms with E-state index in [1.807, 2.05) is 6.08 Å². The van der Waals surface area contributed by atoms with Gasteiger partial charge in [-0.1, -0.05) is 442 Å². The number of allylic oxidation sites excluding steroid dienone is 5. The molecule has 0 bridgehead atoms. The first-order valence-electron chi connectivity index (χ1n) is 44.3. The fourth-order valence-corrected chi connectivity index (χ4v) is 14.2. The molecule has 0 aliphatic heterocycles. The van der Waals surface area contributed by atoms with Crippen molar-refractivity contribution in [3.05, 3.63) is 36.5 Å². The van der Waals surface area contributed by atoms with Gasteiger partial charge in [-0.25, -0.2) is 0 Å². The molecular formula is C90H173NO5. The van der Waals surface area contributed by atoms with Gasteiger partial charge in [0.05, 0.1) is 25.4 Å². The van der Waals surface area contributed by atoms with E-state index in [1.54, 1.807) is 6.08 Å². The number of aliphatic hydroxyl groups is 2. The molecule has 0 saturated carbocycles. The van der Waals surface area contributed by atoms with Gasteiger partial charge in [-0.05, 0) is 83.5 Å². The maximum Gasteiger partial charge on any atom is 0.305 e. The lowest BCUT2D eigenvalue weighted by Crippen LogP contribution is -2.45. The van der Waals surface area contributed by atoms with Crippen molar-refractivity contribution in [1.29, 1.82) is 0 Å². The second kappa shape index (κ2) is 85.5. The lowest BCUT2D eigenvalue weighted by molar-refractivity contribution is -0.143. The van der Waals surface area contributed by atoms with Crippen LogP contribution in [0.15, 0.2) is 36.5 Å². The van der Waals surface area contributed by atoms with Gasteiger partial charge in [0, 0.05) is 12.8 Å². The minimum absolute atomic E-state index is 0.0204. The van der Waals surface area contributed by atoms with Crippen LogP contribution in [0.1, 0.15) is 502 Å². The van der Waals surface area contributed by atoms with E-state index in [9.17, 15) is 19.8 Å². The van der Waals surface area contributed by atoms with Crippen LogP contribution in [0.5, 0.6) is 0 Å². The lowest BCUT2D eigenvalue weighted by atomic mass is 10.0. The molecule has 0 fully saturated rings. The van der Waals surface area contributed by atoms with Gasteiger partial charge in [0.25, 0.3) is 0 Å². The highest BCUT2D eigenvalue weighted by Gasteiger charge is 2.18. The molecule has 2 atom stereocenters. The number of aliphatic hydroxyl groups excluding tert-OH is 2. The minimum Gasteiger partial charge on any atom is -0.466 e. The molecule has 0 spiro atoms. The van der Waals surface area contributed by atoms with E-state index in [0.29, 0.717) is 19.4 Å². The molecule has 0 heterocycles. The summed E-state index contributed by atoms with van der Waals surface area (Å²) in [6, 6.07) is -0.626. The Bertz CT molecular complexity index is 1560. The molecule has 3 N–H and O–H groups in total. The van der Waals surface area contributed by atoms with Crippen molar-refractivity contribution in [2.75, 3.05) is 13.2 Å². The van der Waals surface area contributed by atoms with Crippen LogP contribution >= 0.6 is 0 Å². The molecule has 0 aliphatic carbocycles. The van der Waals surface area contributed by atoms with Crippen LogP contribution in [-0.4, -0.2) is 47.4 Å². The van der Waals surface area contributed by atoms with Crippen molar-refractivity contribution >= 4 is 11.9 Å². The fourth-order valence-electron chi connectivity index (χ4n) is 14.2. The Morgan fingerprint density at radius 3 is 0.740 bits per heavy atom. The van der Waals surface area contributed by atoms with Crippen LogP contribution in [0, 0.1) is 0 Å². The summed E-state index contributed by atoms with van der Waals surface area (Å²) in [4.78, 5) is 24.7. The van der Waals surface area contributed by atoms with E-state index in [1.165, 1.54) is 437 Å². The molecule has 96 heavy (non-hydrogen) atoms. The maximum atomic E-state index is 12.6. The van der Waals surface area contributed by atoms with Gasteiger partial charge in [0.2, 0.25) is 5.91 Å². The van der Waals surface area contributed by atoms with Gasteiger partial charge in [0.15, 0.2) is 0 Å². The molecule has 2 unspecified atom stereocenters. The maximum absolute atomic E-state index is 12.6. The standard InChI is InChI=1S/C90H173NO5/c1-3-5-7-9-11-13-15-17-19-21-23-24-44-47-50-54-58-62-66-70-74-78-82-88(93)87(86-92)91-89(94)83-79-75-71-67-63-59-55-51-48-45-42-40-38-36-34-32-30-28-26-25-27-29-31-33-35-37-39-41-43-46-49-53-57-61-65-69-73-77-81-85-96-90(95)84-80-76-72-68-64-60-56-52-22-20-18-16-14-12-10-8-6-4-2/h20,22,25-26,78,82,87-88,92-93H,3-19,21,23-24,27-77,79-81,83-86H2,1-2H3,(H,91,94)/b22-20-,26-25-,82-78+. The second-order valence-electron chi connectivity index (χ2n) is 30.6. The minimum atomic E-state index is -0.843. The first-order chi connectivity index (χ1) is 47.5. The second-order valence-corrected chi connectivity index (χ2v) is 30.6. The largest absolute Gasteiger partial charge is 0.466 e. The number of rotatable bonds is 84. The summed E-state index contributed by atoms with van der Waals surface area (Å²) in [5, 5.41) is 23.3. The van der Waals surface area contributed by atoms with E-state index >= 15 is 0 Å². The average molecular weight is 1350 g/mol. The molecule has 0 rings (SSSR count). The van der Waals surface area contributed by atoms with Gasteiger partial charge in [-0.3, -0.25) is 9.59 Å². The van der Waals surface area contributed by atoms with Crippen LogP contribution in [0.3, 0.4) is 0 Å². The highest BCUT2D eigenvalue weighted by Crippen LogP contribution is 2.21. The third-order valence-electron chi connectivity index (χ3n) is 20.9. The number of hydrogen-bond acceptors (Lipinski definition) is 5. The van der Waals surface area contributed by atoms with Crippen LogP contribution in [0.25, 0.3) is 0 Å². The Morgan fingerprint density at radius 2 is 0.490 bits per heavy atom. The summed E-state index contributed by atoms with van der Waals surface area (Å²) in [5.74, 6) is -0.0380. The number of unbranched alkanes of at least 4 members (excludes halogenated alkanes) is 69. The monoisotopic (exact) mass is 1350 g/mol. The van der Waals surface area contributed by atoms with Crippen molar-refractivity contribution in [2.24, 2.45) is 0 Å². The Morgan fingerprint density at radius 1 is 0.281 bits per heavy atom. The van der Waals surface area contributed by atoms with Crippen molar-refractivity contribution in [1.82, 2.24) is 5.32 Å². The zero-order chi connectivity index (χ0) is 69.1. The summed E-state index contributed by atoms with van der Waals surface area (Å²) >= 11 is 0. The van der Waals surface area contributed by atoms with Crippen LogP contribution < -0.4 is 5.32 Å². The predicted molar refractivity (Wildman–Crippen MR) is 426 cm³/mol. The zero-order valence-corrected chi connectivity index (χ0v) is 65.4. The van der Waals surface area contributed by atoms with E-state index in [2.05, 4.69) is 43.5 Å². The number of carbonyl (C=O) groups excluding carboxylic acids is 2. The third kappa shape index (κ3) is 81.0. The zero-order valence-electron chi connectivity index (χ0n) is 65.4. The summed E-state index contributed by atoms with van der Waals surface area (Å²) in [5.41, 5.74) is 0. The SMILES string of the molecule is CCCCCCCCC/C=C\CCCCCCCCCC(=O)OCCCCCCCCCCCCCCCCCCCC/C=C\CCCCCCCCCCCCCCCCCCCC(=O)NC(CO)C(O)/C=C/CCCCCCCCCCCCCCCCCCCCCC. The summed E-state index contributed by atoms with van der Waals surface area (Å²) in [6.07, 6.45) is 113. The van der Waals surface area contributed by atoms with Gasteiger partial charge < -0.3 is 20.3 Å². The van der Waals surface area contributed by atoms with Gasteiger partial charge in [-0.2, -0.15) is 0 Å². The average Bonchev–Trinajstić information content (AvgIpc) is 2.36. The topological polar surface area (TPSA) is 95.9 Å². The molecule has 0 saturated heterocycles. The van der Waals surface area contributed by atoms with E-state index < -0.39 is 12.1 Å². The highest BCUT2D eigenvalue weighted by atomic mass is 16.5. The smallest absolute Gasteiger partial charge is 0.305 e. The van der Waals surface area contributed by atoms with Gasteiger partial charge in [0.1, 0.15) is 0 Å². The fraction of sp³-hybridized carbons (Fsp3) is 0.911. The van der Waals surface area contributed by atoms with Crippen molar-refractivity contribution in [2.45, 2.75) is 514 Å². The summed E-state index contributed by atoms with van der Waals surface area (Å²) < 4.78 is 5.52. The highest BCUT2D eigenvalue weighted by molar-refractivity contribution is 5.76. The van der Waals surface area contributed by atoms with Crippen molar-refractivity contribution in [3.63, 3.8) is 0 Å². The van der Waals surface area contributed by atoms with E-state index in [0.717, 1.165) is 38.5 Å². The van der Waals surface area contributed by atoms with Crippen LogP contribution in [-0.2, 0) is 14.3 Å². The molecular weight excluding hydrogens is 1170 g/mol. The summed E-state index contributed by atoms with van der Waals surface area (Å²) in [7, 11) is 0. The van der Waals surface area contributed by atoms with E-state index in [-0.39, 0.29) is 18.5 Å². The molecule has 568 valence electrons. The Labute approximate surface area is 602 Å². The number of esters is 1. The van der Waals surface area contributed by atoms with Crippen LogP contribution in [0.2, 0.25) is 0 Å². The number of ether oxygens (including phenoxy) is 1. The first-order valence-corrected chi connectivity index (χ1v) is 44.3. The quantitative estimate of drug-likeness (QED) is 0.0320. The molecule has 0 aromatic heterocycles. The Kier molecular flexibility index (Phi) is 83.8. The number of hydrogen-bond donors (Lipinski definition) is 3. The molecule has 0 aromatic carbocycles. The van der Waals surface area contributed by atoms with Crippen molar-refractivity contribution < 1.29 is 24.5 Å². The van der Waals surface area contributed by atoms with E-state index in [4.69, 9.17) is 4.74 Å². The molecule has 0 aromatic rings. The number of nitrogens with one attached hydrogen (secondary N) is 1. The molecule has 6 heteroatoms. The number of amides is 1. The Hall–Kier alpha value is -1.92. The van der Waals surface area contributed by atoms with Gasteiger partial charge in [-0.15, -0.1) is 0 Å². The molecule has 0 radical (unpaired) electrons. The molecule has 6 nitrogen and oxygen atoms in total. The normalized spacial score (nSPS) is 12.6. The van der Waals surface area contributed by atoms with Gasteiger partial charge >= 0.3 is 5.97 Å². The van der Waals surface area contributed by atoms with Crippen LogP contribution in [0.4, 0.5) is 0 Å².